The average molecular weight is 447 g/mol. The zero-order valence-electron chi connectivity index (χ0n) is 15.1. The van der Waals surface area contributed by atoms with Crippen LogP contribution in [0.2, 0.25) is 0 Å². The van der Waals surface area contributed by atoms with Gasteiger partial charge in [-0.2, -0.15) is 0 Å². The molecule has 24 heavy (non-hydrogen) atoms. The fourth-order valence-electron chi connectivity index (χ4n) is 2.20. The Balaban J connectivity index is 0.00000529. The Morgan fingerprint density at radius 3 is 2.54 bits per heavy atom. The number of rotatable bonds is 8. The molecule has 0 bridgehead atoms. The highest BCUT2D eigenvalue weighted by atomic mass is 127. The van der Waals surface area contributed by atoms with Gasteiger partial charge in [0.2, 0.25) is 5.91 Å². The second-order valence-corrected chi connectivity index (χ2v) is 5.20. The molecule has 0 spiro atoms. The number of pyridine rings is 1. The number of nitrogens with one attached hydrogen (secondary N) is 2. The first-order chi connectivity index (χ1) is 11.1. The van der Waals surface area contributed by atoms with E-state index < -0.39 is 0 Å². The van der Waals surface area contributed by atoms with E-state index in [9.17, 15) is 4.79 Å². The van der Waals surface area contributed by atoms with Crippen LogP contribution < -0.4 is 10.6 Å². The molecule has 0 radical (unpaired) electrons. The minimum atomic E-state index is 0. The minimum Gasteiger partial charge on any atom is -0.357 e. The number of aromatic nitrogens is 1. The first kappa shape index (κ1) is 22.6. The van der Waals surface area contributed by atoms with E-state index in [-0.39, 0.29) is 29.9 Å². The van der Waals surface area contributed by atoms with E-state index >= 15 is 0 Å². The third kappa shape index (κ3) is 7.94. The van der Waals surface area contributed by atoms with Crippen LogP contribution in [0.1, 0.15) is 38.4 Å². The number of aryl methyl sites for hydroxylation is 1. The predicted octanol–water partition coefficient (Wildman–Crippen LogP) is 2.32. The molecule has 1 aromatic heterocycles. The SMILES string of the molecule is CCNC(=NCc1ncccc1C)NCCC(=O)N(CC)CC.I. The molecular formula is C17H30IN5O. The van der Waals surface area contributed by atoms with Gasteiger partial charge in [-0.3, -0.25) is 9.78 Å². The summed E-state index contributed by atoms with van der Waals surface area (Å²) < 4.78 is 0. The van der Waals surface area contributed by atoms with Crippen LogP contribution in [-0.2, 0) is 11.3 Å². The van der Waals surface area contributed by atoms with Crippen molar-refractivity contribution in [3.8, 4) is 0 Å². The van der Waals surface area contributed by atoms with Crippen LogP contribution in [0.15, 0.2) is 23.3 Å². The number of carbonyl (C=O) groups is 1. The van der Waals surface area contributed by atoms with E-state index in [4.69, 9.17) is 0 Å². The fraction of sp³-hybridized carbons (Fsp3) is 0.588. The lowest BCUT2D eigenvalue weighted by Crippen LogP contribution is -2.40. The predicted molar refractivity (Wildman–Crippen MR) is 110 cm³/mol. The molecule has 0 aliphatic carbocycles. The Morgan fingerprint density at radius 1 is 1.25 bits per heavy atom. The summed E-state index contributed by atoms with van der Waals surface area (Å²) in [5.74, 6) is 0.879. The highest BCUT2D eigenvalue weighted by molar-refractivity contribution is 14.0. The van der Waals surface area contributed by atoms with E-state index in [0.717, 1.165) is 30.9 Å². The van der Waals surface area contributed by atoms with Gasteiger partial charge in [0, 0.05) is 38.8 Å². The molecule has 2 N–H and O–H groups in total. The summed E-state index contributed by atoms with van der Waals surface area (Å²) in [6.45, 7) is 11.4. The van der Waals surface area contributed by atoms with Gasteiger partial charge < -0.3 is 15.5 Å². The number of carbonyl (C=O) groups excluding carboxylic acids is 1. The van der Waals surface area contributed by atoms with Crippen molar-refractivity contribution in [3.05, 3.63) is 29.6 Å². The number of halogens is 1. The highest BCUT2D eigenvalue weighted by Crippen LogP contribution is 2.04. The maximum atomic E-state index is 12.0. The number of hydrogen-bond donors (Lipinski definition) is 2. The molecule has 0 aliphatic rings. The van der Waals surface area contributed by atoms with Crippen LogP contribution in [-0.4, -0.2) is 47.9 Å². The minimum absolute atomic E-state index is 0. The summed E-state index contributed by atoms with van der Waals surface area (Å²) in [4.78, 5) is 22.7. The van der Waals surface area contributed by atoms with Gasteiger partial charge in [-0.05, 0) is 39.3 Å². The molecular weight excluding hydrogens is 417 g/mol. The van der Waals surface area contributed by atoms with Gasteiger partial charge in [-0.1, -0.05) is 6.07 Å². The Kier molecular flexibility index (Phi) is 12.2. The Hall–Kier alpha value is -1.38. The normalized spacial score (nSPS) is 10.8. The topological polar surface area (TPSA) is 69.6 Å². The maximum Gasteiger partial charge on any atom is 0.224 e. The van der Waals surface area contributed by atoms with E-state index in [1.807, 2.05) is 44.7 Å². The molecule has 7 heteroatoms. The molecule has 0 saturated heterocycles. The van der Waals surface area contributed by atoms with Crippen molar-refractivity contribution in [2.24, 2.45) is 4.99 Å². The molecule has 0 atom stereocenters. The number of hydrogen-bond acceptors (Lipinski definition) is 3. The first-order valence-electron chi connectivity index (χ1n) is 8.32. The number of aliphatic imine (C=N–C) groups is 1. The van der Waals surface area contributed by atoms with Crippen LogP contribution >= 0.6 is 24.0 Å². The summed E-state index contributed by atoms with van der Waals surface area (Å²) in [7, 11) is 0. The quantitative estimate of drug-likeness (QED) is 0.365. The monoisotopic (exact) mass is 447 g/mol. The fourth-order valence-corrected chi connectivity index (χ4v) is 2.20. The van der Waals surface area contributed by atoms with Crippen molar-refractivity contribution in [1.82, 2.24) is 20.5 Å². The van der Waals surface area contributed by atoms with E-state index in [0.29, 0.717) is 25.5 Å². The van der Waals surface area contributed by atoms with Crippen LogP contribution in [0, 0.1) is 6.92 Å². The van der Waals surface area contributed by atoms with Gasteiger partial charge in [-0.15, -0.1) is 24.0 Å². The van der Waals surface area contributed by atoms with Gasteiger partial charge in [0.15, 0.2) is 5.96 Å². The molecule has 1 amide bonds. The van der Waals surface area contributed by atoms with Crippen molar-refractivity contribution in [1.29, 1.82) is 0 Å². The van der Waals surface area contributed by atoms with E-state index in [1.54, 1.807) is 6.20 Å². The number of amides is 1. The third-order valence-electron chi connectivity index (χ3n) is 3.60. The standard InChI is InChI=1S/C17H29N5O.HI/c1-5-18-17(20-12-10-16(23)22(6-2)7-3)21-13-15-14(4)9-8-11-19-15;/h8-9,11H,5-7,10,12-13H2,1-4H3,(H2,18,20,21);1H. The summed E-state index contributed by atoms with van der Waals surface area (Å²) in [5.41, 5.74) is 2.09. The molecule has 0 saturated carbocycles. The third-order valence-corrected chi connectivity index (χ3v) is 3.60. The van der Waals surface area contributed by atoms with Crippen molar-refractivity contribution in [2.75, 3.05) is 26.2 Å². The van der Waals surface area contributed by atoms with E-state index in [1.165, 1.54) is 0 Å². The van der Waals surface area contributed by atoms with Gasteiger partial charge in [-0.25, -0.2) is 4.99 Å². The molecule has 1 aromatic rings. The molecule has 1 heterocycles. The molecule has 0 unspecified atom stereocenters. The molecule has 6 nitrogen and oxygen atoms in total. The average Bonchev–Trinajstić information content (AvgIpc) is 2.55. The zero-order valence-corrected chi connectivity index (χ0v) is 17.5. The van der Waals surface area contributed by atoms with Gasteiger partial charge in [0.25, 0.3) is 0 Å². The van der Waals surface area contributed by atoms with Crippen LogP contribution in [0.4, 0.5) is 0 Å². The molecule has 0 aliphatic heterocycles. The van der Waals surface area contributed by atoms with Crippen LogP contribution in [0.5, 0.6) is 0 Å². The van der Waals surface area contributed by atoms with Crippen molar-refractivity contribution in [3.63, 3.8) is 0 Å². The smallest absolute Gasteiger partial charge is 0.224 e. The van der Waals surface area contributed by atoms with Gasteiger partial charge >= 0.3 is 0 Å². The molecule has 0 aromatic carbocycles. The maximum absolute atomic E-state index is 12.0. The van der Waals surface area contributed by atoms with Gasteiger partial charge in [0.1, 0.15) is 0 Å². The number of guanidine groups is 1. The lowest BCUT2D eigenvalue weighted by Gasteiger charge is -2.19. The van der Waals surface area contributed by atoms with Crippen molar-refractivity contribution < 1.29 is 4.79 Å². The summed E-state index contributed by atoms with van der Waals surface area (Å²) in [6.07, 6.45) is 2.25. The lowest BCUT2D eigenvalue weighted by atomic mass is 10.2. The molecule has 136 valence electrons. The summed E-state index contributed by atoms with van der Waals surface area (Å²) in [6, 6.07) is 3.95. The van der Waals surface area contributed by atoms with Gasteiger partial charge in [0.05, 0.1) is 12.2 Å². The zero-order chi connectivity index (χ0) is 17.1. The second-order valence-electron chi connectivity index (χ2n) is 5.20. The van der Waals surface area contributed by atoms with Crippen molar-refractivity contribution in [2.45, 2.75) is 40.7 Å². The molecule has 0 fully saturated rings. The van der Waals surface area contributed by atoms with Crippen LogP contribution in [0.3, 0.4) is 0 Å². The lowest BCUT2D eigenvalue weighted by molar-refractivity contribution is -0.130. The Labute approximate surface area is 162 Å². The Morgan fingerprint density at radius 2 is 1.96 bits per heavy atom. The van der Waals surface area contributed by atoms with Crippen molar-refractivity contribution >= 4 is 35.8 Å². The summed E-state index contributed by atoms with van der Waals surface area (Å²) in [5, 5.41) is 6.40. The van der Waals surface area contributed by atoms with E-state index in [2.05, 4.69) is 20.6 Å². The second kappa shape index (κ2) is 13.0. The molecule has 1 rings (SSSR count). The largest absolute Gasteiger partial charge is 0.357 e. The summed E-state index contributed by atoms with van der Waals surface area (Å²) >= 11 is 0. The Bertz CT molecular complexity index is 517. The first-order valence-corrected chi connectivity index (χ1v) is 8.32. The highest BCUT2D eigenvalue weighted by Gasteiger charge is 2.09. The number of nitrogens with zero attached hydrogens (tertiary/aromatic N) is 3. The van der Waals surface area contributed by atoms with Crippen LogP contribution in [0.25, 0.3) is 0 Å².